The molecule has 0 saturated heterocycles. The third-order valence-electron chi connectivity index (χ3n) is 3.55. The van der Waals surface area contributed by atoms with Crippen LogP contribution in [0.15, 0.2) is 36.5 Å². The highest BCUT2D eigenvalue weighted by atomic mass is 16.5. The third kappa shape index (κ3) is 3.15. The summed E-state index contributed by atoms with van der Waals surface area (Å²) in [6, 6.07) is 10.1. The molecule has 110 valence electrons. The van der Waals surface area contributed by atoms with Crippen molar-refractivity contribution in [2.24, 2.45) is 0 Å². The van der Waals surface area contributed by atoms with E-state index in [0.29, 0.717) is 0 Å². The van der Waals surface area contributed by atoms with E-state index in [4.69, 9.17) is 4.74 Å². The summed E-state index contributed by atoms with van der Waals surface area (Å²) in [6.07, 6.45) is 2.91. The Bertz CT molecular complexity index is 609. The van der Waals surface area contributed by atoms with Crippen LogP contribution in [0, 0.1) is 0 Å². The smallest absolute Gasteiger partial charge is 0.135 e. The van der Waals surface area contributed by atoms with Gasteiger partial charge in [0, 0.05) is 18.0 Å². The van der Waals surface area contributed by atoms with Crippen LogP contribution < -0.4 is 10.1 Å². The van der Waals surface area contributed by atoms with Gasteiger partial charge in [-0.05, 0) is 17.7 Å². The van der Waals surface area contributed by atoms with Crippen LogP contribution in [0.5, 0.6) is 5.75 Å². The highest BCUT2D eigenvalue weighted by molar-refractivity contribution is 5.39. The van der Waals surface area contributed by atoms with Crippen molar-refractivity contribution in [3.63, 3.8) is 0 Å². The van der Waals surface area contributed by atoms with E-state index in [1.54, 1.807) is 6.20 Å². The second kappa shape index (κ2) is 5.35. The lowest BCUT2D eigenvalue weighted by atomic mass is 9.96. The predicted octanol–water partition coefficient (Wildman–Crippen LogP) is 3.19. The summed E-state index contributed by atoms with van der Waals surface area (Å²) in [4.78, 5) is 8.92. The van der Waals surface area contributed by atoms with Crippen LogP contribution in [0.1, 0.15) is 32.2 Å². The maximum atomic E-state index is 5.92. The first-order valence-corrected chi connectivity index (χ1v) is 7.34. The van der Waals surface area contributed by atoms with Gasteiger partial charge in [0.1, 0.15) is 23.5 Å². The van der Waals surface area contributed by atoms with Gasteiger partial charge in [-0.15, -0.1) is 0 Å². The molecular weight excluding hydrogens is 262 g/mol. The van der Waals surface area contributed by atoms with Crippen LogP contribution in [0.2, 0.25) is 0 Å². The first-order chi connectivity index (χ1) is 10.0. The third-order valence-corrected chi connectivity index (χ3v) is 3.55. The van der Waals surface area contributed by atoms with Crippen LogP contribution in [0.25, 0.3) is 0 Å². The van der Waals surface area contributed by atoms with E-state index in [1.807, 2.05) is 18.2 Å². The van der Waals surface area contributed by atoms with E-state index in [-0.39, 0.29) is 11.5 Å². The van der Waals surface area contributed by atoms with Crippen LogP contribution >= 0.6 is 0 Å². The first-order valence-electron chi connectivity index (χ1n) is 7.34. The molecule has 0 radical (unpaired) electrons. The van der Waals surface area contributed by atoms with Gasteiger partial charge in [-0.25, -0.2) is 9.97 Å². The van der Waals surface area contributed by atoms with Gasteiger partial charge in [0.2, 0.25) is 0 Å². The van der Waals surface area contributed by atoms with Crippen LogP contribution in [0.4, 0.5) is 5.82 Å². The molecule has 1 N–H and O–H groups in total. The largest absolute Gasteiger partial charge is 0.488 e. The minimum atomic E-state index is -0.0439. The standard InChI is InChI=1S/C17H21N3O/c1-17(2,3)16-18-9-8-15(20-16)19-11-13-10-12-6-4-5-7-14(12)21-13/h4-9,13H,10-11H2,1-3H3,(H,18,19,20). The minimum absolute atomic E-state index is 0.0439. The highest BCUT2D eigenvalue weighted by Gasteiger charge is 2.22. The molecule has 0 fully saturated rings. The number of ether oxygens (including phenoxy) is 1. The Morgan fingerprint density at radius 2 is 2.05 bits per heavy atom. The summed E-state index contributed by atoms with van der Waals surface area (Å²) in [5, 5.41) is 3.36. The number of hydrogen-bond acceptors (Lipinski definition) is 4. The van der Waals surface area contributed by atoms with Crippen LogP contribution in [0.3, 0.4) is 0 Å². The molecule has 4 heteroatoms. The van der Waals surface area contributed by atoms with E-state index in [2.05, 4.69) is 48.2 Å². The van der Waals surface area contributed by atoms with Gasteiger partial charge in [-0.2, -0.15) is 0 Å². The molecule has 1 aliphatic rings. The zero-order valence-electron chi connectivity index (χ0n) is 12.8. The van der Waals surface area contributed by atoms with Crippen molar-refractivity contribution < 1.29 is 4.74 Å². The van der Waals surface area contributed by atoms with Gasteiger partial charge in [0.15, 0.2) is 0 Å². The number of hydrogen-bond donors (Lipinski definition) is 1. The fraction of sp³-hybridized carbons (Fsp3) is 0.412. The molecule has 4 nitrogen and oxygen atoms in total. The molecule has 2 aromatic rings. The number of aromatic nitrogens is 2. The monoisotopic (exact) mass is 283 g/mol. The molecule has 0 spiro atoms. The summed E-state index contributed by atoms with van der Waals surface area (Å²) < 4.78 is 5.92. The molecule has 0 bridgehead atoms. The molecule has 0 amide bonds. The Balaban J connectivity index is 1.62. The van der Waals surface area contributed by atoms with Crippen molar-refractivity contribution in [1.82, 2.24) is 9.97 Å². The first kappa shape index (κ1) is 13.9. The Hall–Kier alpha value is -2.10. The Kier molecular flexibility index (Phi) is 3.53. The second-order valence-corrected chi connectivity index (χ2v) is 6.45. The maximum absolute atomic E-state index is 5.92. The lowest BCUT2D eigenvalue weighted by Crippen LogP contribution is -2.25. The van der Waals surface area contributed by atoms with Crippen molar-refractivity contribution in [2.75, 3.05) is 11.9 Å². The summed E-state index contributed by atoms with van der Waals surface area (Å²) in [5.74, 6) is 2.71. The van der Waals surface area contributed by atoms with Gasteiger partial charge < -0.3 is 10.1 Å². The van der Waals surface area contributed by atoms with Gasteiger partial charge in [-0.1, -0.05) is 39.0 Å². The topological polar surface area (TPSA) is 47.0 Å². The van der Waals surface area contributed by atoms with E-state index < -0.39 is 0 Å². The van der Waals surface area contributed by atoms with Gasteiger partial charge in [-0.3, -0.25) is 0 Å². The van der Waals surface area contributed by atoms with Crippen molar-refractivity contribution in [2.45, 2.75) is 38.7 Å². The lowest BCUT2D eigenvalue weighted by molar-refractivity contribution is 0.246. The lowest BCUT2D eigenvalue weighted by Gasteiger charge is -2.18. The number of para-hydroxylation sites is 1. The molecule has 0 saturated carbocycles. The van der Waals surface area contributed by atoms with Gasteiger partial charge in [0.25, 0.3) is 0 Å². The van der Waals surface area contributed by atoms with Crippen molar-refractivity contribution in [1.29, 1.82) is 0 Å². The van der Waals surface area contributed by atoms with Crippen molar-refractivity contribution in [3.8, 4) is 5.75 Å². The summed E-state index contributed by atoms with van der Waals surface area (Å²) in [6.45, 7) is 7.09. The molecule has 1 aromatic heterocycles. The number of fused-ring (bicyclic) bond motifs is 1. The summed E-state index contributed by atoms with van der Waals surface area (Å²) in [5.41, 5.74) is 1.24. The molecule has 1 unspecified atom stereocenters. The fourth-order valence-electron chi connectivity index (χ4n) is 2.40. The summed E-state index contributed by atoms with van der Waals surface area (Å²) in [7, 11) is 0. The zero-order valence-corrected chi connectivity index (χ0v) is 12.8. The van der Waals surface area contributed by atoms with Crippen LogP contribution in [-0.4, -0.2) is 22.6 Å². The normalized spacial score (nSPS) is 17.2. The Labute approximate surface area is 125 Å². The Morgan fingerprint density at radius 3 is 2.81 bits per heavy atom. The SMILES string of the molecule is CC(C)(C)c1nccc(NCC2Cc3ccccc3O2)n1. The van der Waals surface area contributed by atoms with E-state index in [9.17, 15) is 0 Å². The van der Waals surface area contributed by atoms with Crippen molar-refractivity contribution >= 4 is 5.82 Å². The molecule has 1 aliphatic heterocycles. The molecule has 1 atom stereocenters. The van der Waals surface area contributed by atoms with Crippen LogP contribution in [-0.2, 0) is 11.8 Å². The molecular formula is C17H21N3O. The molecule has 3 rings (SSSR count). The van der Waals surface area contributed by atoms with Gasteiger partial charge >= 0.3 is 0 Å². The minimum Gasteiger partial charge on any atom is -0.488 e. The number of nitrogens with zero attached hydrogens (tertiary/aromatic N) is 2. The van der Waals surface area contributed by atoms with Crippen molar-refractivity contribution in [3.05, 3.63) is 47.9 Å². The maximum Gasteiger partial charge on any atom is 0.135 e. The molecule has 1 aromatic carbocycles. The van der Waals surface area contributed by atoms with E-state index in [1.165, 1.54) is 5.56 Å². The van der Waals surface area contributed by atoms with E-state index in [0.717, 1.165) is 30.4 Å². The molecule has 2 heterocycles. The quantitative estimate of drug-likeness (QED) is 0.939. The molecule has 0 aliphatic carbocycles. The number of benzene rings is 1. The van der Waals surface area contributed by atoms with Gasteiger partial charge in [0.05, 0.1) is 6.54 Å². The Morgan fingerprint density at radius 1 is 1.24 bits per heavy atom. The average Bonchev–Trinajstić information content (AvgIpc) is 2.87. The number of anilines is 1. The number of nitrogens with one attached hydrogen (secondary N) is 1. The highest BCUT2D eigenvalue weighted by Crippen LogP contribution is 2.28. The average molecular weight is 283 g/mol. The fourth-order valence-corrected chi connectivity index (χ4v) is 2.40. The number of rotatable bonds is 3. The van der Waals surface area contributed by atoms with E-state index >= 15 is 0 Å². The molecule has 21 heavy (non-hydrogen) atoms. The predicted molar refractivity (Wildman–Crippen MR) is 83.8 cm³/mol. The summed E-state index contributed by atoms with van der Waals surface area (Å²) >= 11 is 0. The second-order valence-electron chi connectivity index (χ2n) is 6.45. The zero-order chi connectivity index (χ0) is 14.9.